The maximum Gasteiger partial charge on any atom is 0.254 e. The first-order valence-corrected chi connectivity index (χ1v) is 6.64. The quantitative estimate of drug-likeness (QED) is 0.778. The van der Waals surface area contributed by atoms with Crippen molar-refractivity contribution in [3.8, 4) is 0 Å². The van der Waals surface area contributed by atoms with Crippen LogP contribution in [0, 0.1) is 0 Å². The summed E-state index contributed by atoms with van der Waals surface area (Å²) in [5.74, 6) is -0.0952. The summed E-state index contributed by atoms with van der Waals surface area (Å²) in [7, 11) is 1.72. The number of carbonyl (C=O) groups is 1. The van der Waals surface area contributed by atoms with Crippen LogP contribution in [0.2, 0.25) is 0 Å². The molecule has 0 saturated carbocycles. The normalized spacial score (nSPS) is 15.6. The van der Waals surface area contributed by atoms with Crippen LogP contribution >= 0.6 is 0 Å². The summed E-state index contributed by atoms with van der Waals surface area (Å²) in [6.45, 7) is 2.24. The van der Waals surface area contributed by atoms with Crippen LogP contribution in [0.3, 0.4) is 0 Å². The Hall–Kier alpha value is -2.14. The SMILES string of the molecule is Cn1c(=O)cc(C(=O)N2CCOCC2)c2ccccc21. The van der Waals surface area contributed by atoms with E-state index in [-0.39, 0.29) is 11.5 Å². The Morgan fingerprint density at radius 2 is 1.90 bits per heavy atom. The third kappa shape index (κ3) is 2.10. The van der Waals surface area contributed by atoms with Gasteiger partial charge in [0.1, 0.15) is 0 Å². The Morgan fingerprint density at radius 3 is 2.65 bits per heavy atom. The predicted molar refractivity (Wildman–Crippen MR) is 75.9 cm³/mol. The van der Waals surface area contributed by atoms with Gasteiger partial charge in [-0.15, -0.1) is 0 Å². The first-order valence-electron chi connectivity index (χ1n) is 6.64. The van der Waals surface area contributed by atoms with Crippen LogP contribution in [0.4, 0.5) is 0 Å². The summed E-state index contributed by atoms with van der Waals surface area (Å²) in [5, 5.41) is 0.811. The minimum Gasteiger partial charge on any atom is -0.378 e. The molecule has 104 valence electrons. The van der Waals surface area contributed by atoms with Gasteiger partial charge in [-0.2, -0.15) is 0 Å². The molecule has 5 nitrogen and oxygen atoms in total. The molecule has 1 aliphatic heterocycles. The molecule has 0 aliphatic carbocycles. The molecule has 0 atom stereocenters. The van der Waals surface area contributed by atoms with E-state index in [1.807, 2.05) is 24.3 Å². The number of hydrogen-bond acceptors (Lipinski definition) is 3. The lowest BCUT2D eigenvalue weighted by atomic mass is 10.1. The van der Waals surface area contributed by atoms with Crippen LogP contribution in [-0.4, -0.2) is 41.7 Å². The minimum atomic E-state index is -0.166. The summed E-state index contributed by atoms with van der Waals surface area (Å²) < 4.78 is 6.82. The number of ether oxygens (including phenoxy) is 1. The van der Waals surface area contributed by atoms with Crippen molar-refractivity contribution in [2.45, 2.75) is 0 Å². The maximum atomic E-state index is 12.6. The molecule has 2 heterocycles. The smallest absolute Gasteiger partial charge is 0.254 e. The monoisotopic (exact) mass is 272 g/mol. The number of pyridine rings is 1. The van der Waals surface area contributed by atoms with Crippen molar-refractivity contribution >= 4 is 16.8 Å². The third-order valence-corrected chi connectivity index (χ3v) is 3.68. The van der Waals surface area contributed by atoms with Crippen LogP contribution in [0.5, 0.6) is 0 Å². The van der Waals surface area contributed by atoms with Gasteiger partial charge < -0.3 is 14.2 Å². The van der Waals surface area contributed by atoms with E-state index in [0.717, 1.165) is 10.9 Å². The number of amides is 1. The molecule has 0 radical (unpaired) electrons. The largest absolute Gasteiger partial charge is 0.378 e. The fraction of sp³-hybridized carbons (Fsp3) is 0.333. The average molecular weight is 272 g/mol. The molecular formula is C15H16N2O3. The topological polar surface area (TPSA) is 51.5 Å². The number of aromatic nitrogens is 1. The molecule has 0 unspecified atom stereocenters. The summed E-state index contributed by atoms with van der Waals surface area (Å²) in [5.41, 5.74) is 1.09. The van der Waals surface area contributed by atoms with Gasteiger partial charge >= 0.3 is 0 Å². The van der Waals surface area contributed by atoms with E-state index in [0.29, 0.717) is 31.9 Å². The number of carbonyl (C=O) groups excluding carboxylic acids is 1. The van der Waals surface area contributed by atoms with Crippen molar-refractivity contribution in [3.05, 3.63) is 46.2 Å². The zero-order chi connectivity index (χ0) is 14.1. The molecule has 1 aromatic carbocycles. The average Bonchev–Trinajstić information content (AvgIpc) is 2.51. The number of hydrogen-bond donors (Lipinski definition) is 0. The molecule has 1 aromatic heterocycles. The van der Waals surface area contributed by atoms with Crippen LogP contribution in [0.25, 0.3) is 10.9 Å². The van der Waals surface area contributed by atoms with Crippen LogP contribution < -0.4 is 5.56 Å². The molecule has 20 heavy (non-hydrogen) atoms. The highest BCUT2D eigenvalue weighted by atomic mass is 16.5. The number of morpholine rings is 1. The Morgan fingerprint density at radius 1 is 1.20 bits per heavy atom. The molecule has 2 aromatic rings. The third-order valence-electron chi connectivity index (χ3n) is 3.68. The lowest BCUT2D eigenvalue weighted by molar-refractivity contribution is 0.0304. The van der Waals surface area contributed by atoms with E-state index in [4.69, 9.17) is 4.74 Å². The number of nitrogens with zero attached hydrogens (tertiary/aromatic N) is 2. The van der Waals surface area contributed by atoms with Crippen molar-refractivity contribution < 1.29 is 9.53 Å². The van der Waals surface area contributed by atoms with Gasteiger partial charge in [0.05, 0.1) is 24.3 Å². The molecule has 5 heteroatoms. The van der Waals surface area contributed by atoms with E-state index in [1.54, 1.807) is 16.5 Å². The molecule has 1 fully saturated rings. The second-order valence-corrected chi connectivity index (χ2v) is 4.88. The second-order valence-electron chi connectivity index (χ2n) is 4.88. The van der Waals surface area contributed by atoms with E-state index >= 15 is 0 Å². The van der Waals surface area contributed by atoms with Gasteiger partial charge in [0.15, 0.2) is 0 Å². The number of rotatable bonds is 1. The zero-order valence-electron chi connectivity index (χ0n) is 11.3. The van der Waals surface area contributed by atoms with E-state index in [2.05, 4.69) is 0 Å². The van der Waals surface area contributed by atoms with Crippen molar-refractivity contribution in [1.29, 1.82) is 0 Å². The minimum absolute atomic E-state index is 0.0952. The molecule has 0 spiro atoms. The van der Waals surface area contributed by atoms with Gasteiger partial charge in [-0.1, -0.05) is 18.2 Å². The molecule has 1 amide bonds. The lowest BCUT2D eigenvalue weighted by Crippen LogP contribution is -2.41. The van der Waals surface area contributed by atoms with E-state index < -0.39 is 0 Å². The number of para-hydroxylation sites is 1. The van der Waals surface area contributed by atoms with Gasteiger partial charge in [0.2, 0.25) is 0 Å². The Labute approximate surface area is 116 Å². The van der Waals surface area contributed by atoms with Gasteiger partial charge in [-0.25, -0.2) is 0 Å². The van der Waals surface area contributed by atoms with Crippen molar-refractivity contribution in [3.63, 3.8) is 0 Å². The second kappa shape index (κ2) is 5.09. The van der Waals surface area contributed by atoms with Gasteiger partial charge in [0, 0.05) is 31.6 Å². The fourth-order valence-corrected chi connectivity index (χ4v) is 2.52. The van der Waals surface area contributed by atoms with Crippen molar-refractivity contribution in [1.82, 2.24) is 9.47 Å². The molecular weight excluding hydrogens is 256 g/mol. The highest BCUT2D eigenvalue weighted by molar-refractivity contribution is 6.06. The highest BCUT2D eigenvalue weighted by Gasteiger charge is 2.21. The standard InChI is InChI=1S/C15H16N2O3/c1-16-13-5-3-2-4-11(13)12(10-14(16)18)15(19)17-6-8-20-9-7-17/h2-5,10H,6-9H2,1H3. The molecule has 0 N–H and O–H groups in total. The number of fused-ring (bicyclic) bond motifs is 1. The van der Waals surface area contributed by atoms with E-state index in [1.165, 1.54) is 6.07 Å². The number of benzene rings is 1. The summed E-state index contributed by atoms with van der Waals surface area (Å²) in [6, 6.07) is 8.91. The van der Waals surface area contributed by atoms with Crippen molar-refractivity contribution in [2.75, 3.05) is 26.3 Å². The van der Waals surface area contributed by atoms with Crippen LogP contribution in [-0.2, 0) is 11.8 Å². The van der Waals surface area contributed by atoms with E-state index in [9.17, 15) is 9.59 Å². The Kier molecular flexibility index (Phi) is 3.28. The summed E-state index contributed by atoms with van der Waals surface area (Å²) in [6.07, 6.45) is 0. The molecule has 3 rings (SSSR count). The first kappa shape index (κ1) is 12.9. The highest BCUT2D eigenvalue weighted by Crippen LogP contribution is 2.18. The maximum absolute atomic E-state index is 12.6. The van der Waals surface area contributed by atoms with Gasteiger partial charge in [-0.05, 0) is 6.07 Å². The lowest BCUT2D eigenvalue weighted by Gasteiger charge is -2.27. The summed E-state index contributed by atoms with van der Waals surface area (Å²) >= 11 is 0. The summed E-state index contributed by atoms with van der Waals surface area (Å²) in [4.78, 5) is 26.3. The molecule has 1 aliphatic rings. The zero-order valence-corrected chi connectivity index (χ0v) is 11.3. The van der Waals surface area contributed by atoms with Gasteiger partial charge in [-0.3, -0.25) is 9.59 Å². The number of aryl methyl sites for hydroxylation is 1. The first-order chi connectivity index (χ1) is 9.68. The van der Waals surface area contributed by atoms with Crippen LogP contribution in [0.15, 0.2) is 35.1 Å². The Bertz CT molecular complexity index is 715. The molecule has 1 saturated heterocycles. The fourth-order valence-electron chi connectivity index (χ4n) is 2.52. The van der Waals surface area contributed by atoms with Gasteiger partial charge in [0.25, 0.3) is 11.5 Å². The predicted octanol–water partition coefficient (Wildman–Crippen LogP) is 1.01. The molecule has 0 bridgehead atoms. The Balaban J connectivity index is 2.13. The van der Waals surface area contributed by atoms with Crippen LogP contribution in [0.1, 0.15) is 10.4 Å². The van der Waals surface area contributed by atoms with Crippen molar-refractivity contribution in [2.24, 2.45) is 7.05 Å².